The molecule has 0 aromatic heterocycles. The summed E-state index contributed by atoms with van der Waals surface area (Å²) in [4.78, 5) is 0. The summed E-state index contributed by atoms with van der Waals surface area (Å²) in [5.41, 5.74) is 0.852. The molecule has 1 aromatic carbocycles. The lowest BCUT2D eigenvalue weighted by Crippen LogP contribution is -2.26. The van der Waals surface area contributed by atoms with Gasteiger partial charge in [0.2, 0.25) is 0 Å². The normalized spacial score (nSPS) is 18.1. The van der Waals surface area contributed by atoms with Crippen LogP contribution in [0.25, 0.3) is 0 Å². The third-order valence-corrected chi connectivity index (χ3v) is 3.54. The number of aryl methyl sites for hydroxylation is 1. The third-order valence-electron chi connectivity index (χ3n) is 3.54. The molecule has 1 aliphatic heterocycles. The highest BCUT2D eigenvalue weighted by Gasteiger charge is 2.31. The minimum atomic E-state index is -4.31. The Morgan fingerprint density at radius 3 is 2.48 bits per heavy atom. The molecule has 1 unspecified atom stereocenters. The van der Waals surface area contributed by atoms with Crippen LogP contribution in [0.4, 0.5) is 13.2 Å². The Balaban J connectivity index is 2.19. The molecular formula is C15H20F3NO2. The maximum Gasteiger partial charge on any atom is 0.416 e. The number of ether oxygens (including phenoxy) is 2. The zero-order valence-corrected chi connectivity index (χ0v) is 12.2. The van der Waals surface area contributed by atoms with Crippen LogP contribution in [0.15, 0.2) is 18.2 Å². The minimum Gasteiger partial charge on any atom is -0.350 e. The molecule has 1 saturated heterocycles. The van der Waals surface area contributed by atoms with Gasteiger partial charge in [-0.05, 0) is 36.7 Å². The Kier molecular flexibility index (Phi) is 5.24. The van der Waals surface area contributed by atoms with Gasteiger partial charge >= 0.3 is 6.18 Å². The van der Waals surface area contributed by atoms with E-state index in [1.54, 1.807) is 13.0 Å². The molecule has 0 spiro atoms. The van der Waals surface area contributed by atoms with Crippen LogP contribution in [0.5, 0.6) is 0 Å². The molecule has 1 fully saturated rings. The second-order valence-corrected chi connectivity index (χ2v) is 5.09. The van der Waals surface area contributed by atoms with E-state index >= 15 is 0 Å². The van der Waals surface area contributed by atoms with Crippen LogP contribution in [-0.4, -0.2) is 26.0 Å². The van der Waals surface area contributed by atoms with Gasteiger partial charge in [-0.15, -0.1) is 0 Å². The first kappa shape index (κ1) is 16.3. The lowest BCUT2D eigenvalue weighted by atomic mass is 9.96. The van der Waals surface area contributed by atoms with Gasteiger partial charge in [0.15, 0.2) is 6.29 Å². The zero-order chi connectivity index (χ0) is 15.5. The van der Waals surface area contributed by atoms with E-state index in [-0.39, 0.29) is 12.3 Å². The van der Waals surface area contributed by atoms with E-state index in [4.69, 9.17) is 9.47 Å². The molecule has 1 aromatic rings. The molecule has 1 aliphatic rings. The summed E-state index contributed by atoms with van der Waals surface area (Å²) in [5.74, 6) is 0. The maximum atomic E-state index is 12.7. The van der Waals surface area contributed by atoms with Gasteiger partial charge in [-0.2, -0.15) is 13.2 Å². The number of nitrogens with one attached hydrogen (secondary N) is 1. The first-order valence-electron chi connectivity index (χ1n) is 7.06. The van der Waals surface area contributed by atoms with E-state index in [1.807, 2.05) is 6.92 Å². The molecule has 2 rings (SSSR count). The summed E-state index contributed by atoms with van der Waals surface area (Å²) in [6.45, 7) is 5.51. The lowest BCUT2D eigenvalue weighted by Gasteiger charge is -2.23. The van der Waals surface area contributed by atoms with E-state index < -0.39 is 11.7 Å². The average Bonchev–Trinajstić information content (AvgIpc) is 2.90. The van der Waals surface area contributed by atoms with Crippen LogP contribution in [0.3, 0.4) is 0 Å². The standard InChI is InChI=1S/C15H20F3NO2/c1-3-19-13(9-14-20-6-7-21-14)12-5-4-11(8-10(12)2)15(16,17)18/h4-5,8,13-14,19H,3,6-7,9H2,1-2H3. The van der Waals surface area contributed by atoms with Crippen LogP contribution in [0, 0.1) is 6.92 Å². The van der Waals surface area contributed by atoms with Crippen LogP contribution < -0.4 is 5.32 Å². The molecule has 0 saturated carbocycles. The number of halogens is 3. The van der Waals surface area contributed by atoms with Crippen molar-refractivity contribution in [2.24, 2.45) is 0 Å². The Morgan fingerprint density at radius 2 is 1.95 bits per heavy atom. The Hall–Kier alpha value is -1.11. The number of benzene rings is 1. The Morgan fingerprint density at radius 1 is 1.29 bits per heavy atom. The summed E-state index contributed by atoms with van der Waals surface area (Å²) in [6.07, 6.45) is -4.02. The number of hydrogen-bond donors (Lipinski definition) is 1. The van der Waals surface area contributed by atoms with E-state index in [9.17, 15) is 13.2 Å². The Labute approximate surface area is 122 Å². The quantitative estimate of drug-likeness (QED) is 0.904. The molecule has 1 N–H and O–H groups in total. The first-order valence-corrected chi connectivity index (χ1v) is 7.06. The molecule has 6 heteroatoms. The van der Waals surface area contributed by atoms with Crippen LogP contribution in [-0.2, 0) is 15.7 Å². The maximum absolute atomic E-state index is 12.7. The average molecular weight is 303 g/mol. The van der Waals surface area contributed by atoms with Crippen LogP contribution in [0.1, 0.15) is 36.1 Å². The highest BCUT2D eigenvalue weighted by atomic mass is 19.4. The fraction of sp³-hybridized carbons (Fsp3) is 0.600. The van der Waals surface area contributed by atoms with Crippen LogP contribution in [0.2, 0.25) is 0 Å². The van der Waals surface area contributed by atoms with Crippen LogP contribution >= 0.6 is 0 Å². The van der Waals surface area contributed by atoms with Crippen molar-refractivity contribution in [2.45, 2.75) is 38.8 Å². The summed E-state index contributed by atoms with van der Waals surface area (Å²) >= 11 is 0. The van der Waals surface area contributed by atoms with E-state index in [1.165, 1.54) is 6.07 Å². The number of rotatable bonds is 5. The SMILES string of the molecule is CCNC(CC1OCCO1)c1ccc(C(F)(F)F)cc1C. The molecular weight excluding hydrogens is 283 g/mol. The van der Waals surface area contributed by atoms with Gasteiger partial charge in [0.1, 0.15) is 0 Å². The predicted octanol–water partition coefficient (Wildman–Crippen LogP) is 3.43. The number of alkyl halides is 3. The van der Waals surface area contributed by atoms with Crippen molar-refractivity contribution in [3.05, 3.63) is 34.9 Å². The molecule has 21 heavy (non-hydrogen) atoms. The fourth-order valence-corrected chi connectivity index (χ4v) is 2.55. The largest absolute Gasteiger partial charge is 0.416 e. The third kappa shape index (κ3) is 4.18. The van der Waals surface area contributed by atoms with Gasteiger partial charge in [0.05, 0.1) is 18.8 Å². The Bertz CT molecular complexity index is 470. The molecule has 0 aliphatic carbocycles. The van der Waals surface area contributed by atoms with Gasteiger partial charge in [-0.1, -0.05) is 13.0 Å². The molecule has 0 bridgehead atoms. The minimum absolute atomic E-state index is 0.0830. The number of hydrogen-bond acceptors (Lipinski definition) is 3. The fourth-order valence-electron chi connectivity index (χ4n) is 2.55. The zero-order valence-electron chi connectivity index (χ0n) is 12.2. The summed E-state index contributed by atoms with van der Waals surface area (Å²) < 4.78 is 49.0. The van der Waals surface area contributed by atoms with E-state index in [0.717, 1.165) is 18.2 Å². The lowest BCUT2D eigenvalue weighted by molar-refractivity contribution is -0.137. The van der Waals surface area contributed by atoms with E-state index in [0.29, 0.717) is 25.2 Å². The highest BCUT2D eigenvalue weighted by molar-refractivity contribution is 5.34. The van der Waals surface area contributed by atoms with Crippen molar-refractivity contribution in [1.82, 2.24) is 5.32 Å². The second-order valence-electron chi connectivity index (χ2n) is 5.09. The topological polar surface area (TPSA) is 30.5 Å². The molecule has 0 amide bonds. The molecule has 118 valence electrons. The van der Waals surface area contributed by atoms with Gasteiger partial charge in [-0.3, -0.25) is 0 Å². The summed E-state index contributed by atoms with van der Waals surface area (Å²) in [5, 5.41) is 3.28. The smallest absolute Gasteiger partial charge is 0.350 e. The van der Waals surface area contributed by atoms with Gasteiger partial charge in [0, 0.05) is 12.5 Å². The molecule has 3 nitrogen and oxygen atoms in total. The van der Waals surface area contributed by atoms with Gasteiger partial charge < -0.3 is 14.8 Å². The predicted molar refractivity (Wildman–Crippen MR) is 72.9 cm³/mol. The van der Waals surface area contributed by atoms with Crippen molar-refractivity contribution >= 4 is 0 Å². The molecule has 0 radical (unpaired) electrons. The second kappa shape index (κ2) is 6.77. The van der Waals surface area contributed by atoms with Crippen molar-refractivity contribution in [3.63, 3.8) is 0 Å². The van der Waals surface area contributed by atoms with Crippen molar-refractivity contribution in [3.8, 4) is 0 Å². The molecule has 1 atom stereocenters. The van der Waals surface area contributed by atoms with Crippen molar-refractivity contribution in [1.29, 1.82) is 0 Å². The van der Waals surface area contributed by atoms with Crippen molar-refractivity contribution < 1.29 is 22.6 Å². The highest BCUT2D eigenvalue weighted by Crippen LogP contribution is 2.33. The summed E-state index contributed by atoms with van der Waals surface area (Å²) in [7, 11) is 0. The first-order chi connectivity index (χ1) is 9.91. The van der Waals surface area contributed by atoms with Crippen molar-refractivity contribution in [2.75, 3.05) is 19.8 Å². The van der Waals surface area contributed by atoms with E-state index in [2.05, 4.69) is 5.32 Å². The monoisotopic (exact) mass is 303 g/mol. The van der Waals surface area contributed by atoms with Gasteiger partial charge in [0.25, 0.3) is 0 Å². The van der Waals surface area contributed by atoms with Gasteiger partial charge in [-0.25, -0.2) is 0 Å². The summed E-state index contributed by atoms with van der Waals surface area (Å²) in [6, 6.07) is 3.78. The molecule has 1 heterocycles.